The van der Waals surface area contributed by atoms with Gasteiger partial charge in [-0.25, -0.2) is 0 Å². The van der Waals surface area contributed by atoms with Crippen LogP contribution < -0.4 is 5.46 Å². The Labute approximate surface area is 96.2 Å². The van der Waals surface area contributed by atoms with Gasteiger partial charge in [-0.1, -0.05) is 6.07 Å². The number of hydrogen-bond acceptors (Lipinski definition) is 5. The van der Waals surface area contributed by atoms with Gasteiger partial charge in [0.1, 0.15) is 13.1 Å². The Balaban J connectivity index is 2.16. The lowest BCUT2D eigenvalue weighted by Crippen LogP contribution is -2.67. The van der Waals surface area contributed by atoms with Gasteiger partial charge in [-0.2, -0.15) is 11.3 Å². The topological polar surface area (TPSA) is 52.6 Å². The van der Waals surface area contributed by atoms with E-state index in [0.717, 1.165) is 5.46 Å². The Morgan fingerprint density at radius 2 is 1.94 bits per heavy atom. The monoisotopic (exact) mass is 239 g/mol. The minimum Gasteiger partial charge on any atom is -0.596 e. The van der Waals surface area contributed by atoms with E-state index in [1.165, 1.54) is 11.3 Å². The molecule has 0 N–H and O–H groups in total. The molecule has 84 valence electrons. The number of carbonyl (C=O) groups excluding carboxylic acids is 2. The summed E-state index contributed by atoms with van der Waals surface area (Å²) in [5.74, 6) is -0.609. The predicted octanol–water partition coefficient (Wildman–Crippen LogP) is -0.546. The zero-order valence-electron chi connectivity index (χ0n) is 8.71. The van der Waals surface area contributed by atoms with Crippen molar-refractivity contribution < 1.29 is 23.3 Å². The maximum Gasteiger partial charge on any atom is 0.615 e. The zero-order chi connectivity index (χ0) is 11.4. The molecule has 5 nitrogen and oxygen atoms in total. The molecule has 2 aliphatic rings. The Morgan fingerprint density at radius 3 is 2.44 bits per heavy atom. The first kappa shape index (κ1) is 9.86. The van der Waals surface area contributed by atoms with Crippen LogP contribution in [-0.2, 0) is 18.9 Å². The molecule has 0 radical (unpaired) electrons. The molecule has 1 aromatic heterocycles. The lowest BCUT2D eigenvalue weighted by Gasteiger charge is -2.39. The molecule has 0 bridgehead atoms. The van der Waals surface area contributed by atoms with Crippen LogP contribution >= 0.6 is 11.3 Å². The van der Waals surface area contributed by atoms with Crippen molar-refractivity contribution in [2.45, 2.75) is 0 Å². The van der Waals surface area contributed by atoms with Gasteiger partial charge in [0, 0.05) is 7.05 Å². The summed E-state index contributed by atoms with van der Waals surface area (Å²) in [5.41, 5.74) is 0.796. The minimum absolute atomic E-state index is 0.196. The smallest absolute Gasteiger partial charge is 0.596 e. The maximum atomic E-state index is 11.5. The van der Waals surface area contributed by atoms with Crippen LogP contribution in [0.3, 0.4) is 0 Å². The van der Waals surface area contributed by atoms with Crippen molar-refractivity contribution in [1.82, 2.24) is 0 Å². The van der Waals surface area contributed by atoms with Crippen molar-refractivity contribution in [3.05, 3.63) is 16.8 Å². The standard InChI is InChI=1S/C9H10BNO4S/c1-11-4-8(12)14-10(11,15-9(13)5-11)7-2-3-16-6-7/h2-3,6H,4-5H2,1H3. The van der Waals surface area contributed by atoms with E-state index in [0.29, 0.717) is 0 Å². The number of quaternary nitrogens is 1. The zero-order valence-corrected chi connectivity index (χ0v) is 9.53. The highest BCUT2D eigenvalue weighted by Gasteiger charge is 2.66. The van der Waals surface area contributed by atoms with Crippen LogP contribution in [0.2, 0.25) is 0 Å². The van der Waals surface area contributed by atoms with Gasteiger partial charge in [0.05, 0.1) is 0 Å². The average molecular weight is 239 g/mol. The lowest BCUT2D eigenvalue weighted by molar-refractivity contribution is -0.791. The van der Waals surface area contributed by atoms with E-state index in [-0.39, 0.29) is 29.4 Å². The summed E-state index contributed by atoms with van der Waals surface area (Å²) < 4.78 is 10.9. The van der Waals surface area contributed by atoms with E-state index < -0.39 is 6.69 Å². The van der Waals surface area contributed by atoms with Gasteiger partial charge >= 0.3 is 18.6 Å². The van der Waals surface area contributed by atoms with E-state index in [1.807, 2.05) is 23.9 Å². The second-order valence-electron chi connectivity index (χ2n) is 4.50. The minimum atomic E-state index is -2.00. The van der Waals surface area contributed by atoms with Crippen LogP contribution in [0, 0.1) is 0 Å². The SMILES string of the molecule is C[N+]12CC(=O)O[B-]1(c1ccsc1)OC(=O)C2. The number of carbonyl (C=O) groups is 2. The van der Waals surface area contributed by atoms with Gasteiger partial charge in [-0.05, 0) is 16.2 Å². The first-order valence-electron chi connectivity index (χ1n) is 5.00. The van der Waals surface area contributed by atoms with E-state index in [1.54, 1.807) is 0 Å². The van der Waals surface area contributed by atoms with E-state index >= 15 is 0 Å². The molecule has 2 saturated heterocycles. The molecule has 3 heterocycles. The molecule has 0 atom stereocenters. The number of fused-ring (bicyclic) bond motifs is 1. The molecule has 16 heavy (non-hydrogen) atoms. The molecule has 3 rings (SSSR count). The molecular formula is C9H10BNO4S. The quantitative estimate of drug-likeness (QED) is 0.617. The summed E-state index contributed by atoms with van der Waals surface area (Å²) >= 11 is 1.49. The average Bonchev–Trinajstić information content (AvgIpc) is 2.76. The molecule has 1 aromatic rings. The molecule has 0 unspecified atom stereocenters. The Hall–Kier alpha value is -1.34. The largest absolute Gasteiger partial charge is 0.615 e. The van der Waals surface area contributed by atoms with Gasteiger partial charge in [-0.3, -0.25) is 9.59 Å². The second kappa shape index (κ2) is 2.86. The normalized spacial score (nSPS) is 37.1. The van der Waals surface area contributed by atoms with Gasteiger partial charge < -0.3 is 13.7 Å². The van der Waals surface area contributed by atoms with Crippen LogP contribution in [0.15, 0.2) is 16.8 Å². The van der Waals surface area contributed by atoms with E-state index in [2.05, 4.69) is 0 Å². The van der Waals surface area contributed by atoms with Crippen molar-refractivity contribution in [2.24, 2.45) is 0 Å². The summed E-state index contributed by atoms with van der Waals surface area (Å²) in [5, 5.41) is 3.75. The van der Waals surface area contributed by atoms with Crippen LogP contribution in [0.25, 0.3) is 0 Å². The third-order valence-electron chi connectivity index (χ3n) is 3.35. The van der Waals surface area contributed by atoms with Crippen molar-refractivity contribution in [3.63, 3.8) is 0 Å². The third-order valence-corrected chi connectivity index (χ3v) is 4.05. The van der Waals surface area contributed by atoms with Gasteiger partial charge in [0.2, 0.25) is 0 Å². The van der Waals surface area contributed by atoms with Crippen molar-refractivity contribution >= 4 is 35.4 Å². The maximum absolute atomic E-state index is 11.5. The summed E-state index contributed by atoms with van der Waals surface area (Å²) in [7, 11) is 1.83. The van der Waals surface area contributed by atoms with E-state index in [4.69, 9.17) is 9.31 Å². The summed E-state index contributed by atoms with van der Waals surface area (Å²) in [6.45, 7) is -1.61. The van der Waals surface area contributed by atoms with Crippen molar-refractivity contribution in [2.75, 3.05) is 20.1 Å². The summed E-state index contributed by atoms with van der Waals surface area (Å²) in [4.78, 5) is 22.9. The summed E-state index contributed by atoms with van der Waals surface area (Å²) in [6, 6.07) is 1.85. The van der Waals surface area contributed by atoms with Crippen molar-refractivity contribution in [3.8, 4) is 0 Å². The third kappa shape index (κ3) is 1.04. The van der Waals surface area contributed by atoms with Crippen LogP contribution in [-0.4, -0.2) is 43.2 Å². The van der Waals surface area contributed by atoms with Crippen LogP contribution in [0.4, 0.5) is 0 Å². The number of rotatable bonds is 1. The molecule has 0 aliphatic carbocycles. The molecule has 0 aromatic carbocycles. The first-order chi connectivity index (χ1) is 7.56. The Bertz CT molecular complexity index is 452. The van der Waals surface area contributed by atoms with Gasteiger partial charge in [0.25, 0.3) is 0 Å². The van der Waals surface area contributed by atoms with Crippen LogP contribution in [0.5, 0.6) is 0 Å². The fourth-order valence-electron chi connectivity index (χ4n) is 2.57. The molecule has 2 aliphatic heterocycles. The Kier molecular flexibility index (Phi) is 1.76. The fourth-order valence-corrected chi connectivity index (χ4v) is 3.30. The van der Waals surface area contributed by atoms with Gasteiger partial charge in [-0.15, -0.1) is 0 Å². The highest BCUT2D eigenvalue weighted by molar-refractivity contribution is 7.09. The highest BCUT2D eigenvalue weighted by Crippen LogP contribution is 2.33. The highest BCUT2D eigenvalue weighted by atomic mass is 32.1. The van der Waals surface area contributed by atoms with Gasteiger partial charge in [0.15, 0.2) is 0 Å². The molecule has 0 spiro atoms. The molecule has 0 saturated carbocycles. The summed E-state index contributed by atoms with van der Waals surface area (Å²) in [6.07, 6.45) is 0. The number of likely N-dealkylation sites (N-methyl/N-ethyl adjacent to an activating group) is 1. The Morgan fingerprint density at radius 1 is 1.31 bits per heavy atom. The molecular weight excluding hydrogens is 229 g/mol. The van der Waals surface area contributed by atoms with Crippen LogP contribution in [0.1, 0.15) is 0 Å². The number of nitrogens with zero attached hydrogens (tertiary/aromatic N) is 1. The number of hydrogen-bond donors (Lipinski definition) is 0. The second-order valence-corrected chi connectivity index (χ2v) is 5.28. The fraction of sp³-hybridized carbons (Fsp3) is 0.333. The molecule has 0 amide bonds. The molecule has 2 fully saturated rings. The lowest BCUT2D eigenvalue weighted by atomic mass is 9.62. The van der Waals surface area contributed by atoms with Crippen molar-refractivity contribution in [1.29, 1.82) is 0 Å². The number of thiophene rings is 1. The first-order valence-corrected chi connectivity index (χ1v) is 5.95. The predicted molar refractivity (Wildman–Crippen MR) is 57.8 cm³/mol. The van der Waals surface area contributed by atoms with E-state index in [9.17, 15) is 9.59 Å². The molecule has 7 heteroatoms.